The van der Waals surface area contributed by atoms with Gasteiger partial charge >= 0.3 is 0 Å². The quantitative estimate of drug-likeness (QED) is 0.759. The second-order valence-electron chi connectivity index (χ2n) is 4.18. The van der Waals surface area contributed by atoms with Crippen LogP contribution in [0, 0.1) is 6.92 Å². The minimum atomic E-state index is 0.698. The number of fused-ring (bicyclic) bond motifs is 1. The summed E-state index contributed by atoms with van der Waals surface area (Å²) >= 11 is 1.70. The molecular weight excluding hydrogens is 244 g/mol. The molecule has 0 spiro atoms. The highest BCUT2D eigenvalue weighted by molar-refractivity contribution is 7.07. The zero-order valence-electron chi connectivity index (χ0n) is 10.1. The Bertz CT molecular complexity index is 670. The van der Waals surface area contributed by atoms with Crippen LogP contribution in [0.4, 0.5) is 11.5 Å². The minimum absolute atomic E-state index is 0.698. The fourth-order valence-electron chi connectivity index (χ4n) is 1.93. The fraction of sp³-hybridized carbons (Fsp3) is 0.154. The van der Waals surface area contributed by atoms with E-state index in [-0.39, 0.29) is 0 Å². The largest absolute Gasteiger partial charge is 0.383 e. The van der Waals surface area contributed by atoms with Crippen LogP contribution >= 0.6 is 11.3 Å². The first-order chi connectivity index (χ1) is 8.75. The molecule has 0 bridgehead atoms. The monoisotopic (exact) mass is 258 g/mol. The predicted molar refractivity (Wildman–Crippen MR) is 76.0 cm³/mol. The van der Waals surface area contributed by atoms with Crippen LogP contribution in [0.3, 0.4) is 0 Å². The van der Waals surface area contributed by atoms with Gasteiger partial charge in [-0.3, -0.25) is 4.40 Å². The van der Waals surface area contributed by atoms with E-state index < -0.39 is 0 Å². The van der Waals surface area contributed by atoms with E-state index in [2.05, 4.69) is 27.1 Å². The molecule has 0 unspecified atom stereocenters. The van der Waals surface area contributed by atoms with Gasteiger partial charge in [0.1, 0.15) is 5.82 Å². The number of rotatable bonds is 3. The first-order valence-electron chi connectivity index (χ1n) is 5.74. The van der Waals surface area contributed by atoms with Gasteiger partial charge in [0.05, 0.1) is 11.4 Å². The van der Waals surface area contributed by atoms with Gasteiger partial charge < -0.3 is 11.1 Å². The second-order valence-corrected chi connectivity index (χ2v) is 4.96. The molecule has 3 heterocycles. The maximum atomic E-state index is 5.97. The summed E-state index contributed by atoms with van der Waals surface area (Å²) in [5, 5.41) is 7.61. The van der Waals surface area contributed by atoms with Crippen molar-refractivity contribution in [1.82, 2.24) is 9.38 Å². The number of nitrogen functional groups attached to an aromatic ring is 1. The van der Waals surface area contributed by atoms with Crippen molar-refractivity contribution in [1.29, 1.82) is 0 Å². The maximum absolute atomic E-state index is 5.97. The summed E-state index contributed by atoms with van der Waals surface area (Å²) in [6, 6.07) is 6.11. The molecule has 0 saturated carbocycles. The normalized spacial score (nSPS) is 10.9. The zero-order chi connectivity index (χ0) is 12.5. The topological polar surface area (TPSA) is 55.4 Å². The summed E-state index contributed by atoms with van der Waals surface area (Å²) in [6.07, 6.45) is 1.93. The van der Waals surface area contributed by atoms with Crippen LogP contribution in [-0.4, -0.2) is 9.38 Å². The highest BCUT2D eigenvalue weighted by atomic mass is 32.1. The number of nitrogens with one attached hydrogen (secondary N) is 1. The molecule has 5 heteroatoms. The van der Waals surface area contributed by atoms with Gasteiger partial charge in [-0.25, -0.2) is 4.98 Å². The summed E-state index contributed by atoms with van der Waals surface area (Å²) in [4.78, 5) is 4.49. The molecule has 0 amide bonds. The molecule has 0 aliphatic heterocycles. The smallest absolute Gasteiger partial charge is 0.162 e. The number of nitrogens with zero attached hydrogens (tertiary/aromatic N) is 2. The summed E-state index contributed by atoms with van der Waals surface area (Å²) in [5.74, 6) is 0.698. The number of anilines is 2. The number of aromatic nitrogens is 2. The van der Waals surface area contributed by atoms with Crippen LogP contribution in [0.5, 0.6) is 0 Å². The molecule has 0 fully saturated rings. The van der Waals surface area contributed by atoms with E-state index in [1.165, 1.54) is 5.56 Å². The van der Waals surface area contributed by atoms with Crippen LogP contribution in [0.15, 0.2) is 35.2 Å². The van der Waals surface area contributed by atoms with Crippen molar-refractivity contribution in [2.75, 3.05) is 11.1 Å². The molecule has 18 heavy (non-hydrogen) atoms. The molecule has 0 saturated heterocycles. The molecule has 3 aromatic rings. The lowest BCUT2D eigenvalue weighted by atomic mass is 10.3. The number of pyridine rings is 1. The standard InChI is InChI=1S/C13H14N4S/c1-9-12(14)17-5-2-3-11(13(17)16-9)15-7-10-4-6-18-8-10/h2-6,8,15H,7,14H2,1H3. The first kappa shape index (κ1) is 11.1. The lowest BCUT2D eigenvalue weighted by Gasteiger charge is -2.06. The Morgan fingerprint density at radius 2 is 2.33 bits per heavy atom. The maximum Gasteiger partial charge on any atom is 0.162 e. The Hall–Kier alpha value is -2.01. The average Bonchev–Trinajstić information content (AvgIpc) is 2.98. The number of thiophene rings is 1. The van der Waals surface area contributed by atoms with Gasteiger partial charge in [0.15, 0.2) is 5.65 Å². The predicted octanol–water partition coefficient (Wildman–Crippen LogP) is 2.90. The van der Waals surface area contributed by atoms with E-state index in [4.69, 9.17) is 5.73 Å². The Kier molecular flexibility index (Phi) is 2.68. The Morgan fingerprint density at radius 3 is 3.11 bits per heavy atom. The lowest BCUT2D eigenvalue weighted by Crippen LogP contribution is -2.01. The average molecular weight is 258 g/mol. The minimum Gasteiger partial charge on any atom is -0.383 e. The van der Waals surface area contributed by atoms with Crippen molar-refractivity contribution >= 4 is 28.5 Å². The third-order valence-electron chi connectivity index (χ3n) is 2.93. The van der Waals surface area contributed by atoms with Gasteiger partial charge in [0.2, 0.25) is 0 Å². The van der Waals surface area contributed by atoms with Gasteiger partial charge in [0.25, 0.3) is 0 Å². The van der Waals surface area contributed by atoms with Gasteiger partial charge in [0, 0.05) is 12.7 Å². The first-order valence-corrected chi connectivity index (χ1v) is 6.68. The van der Waals surface area contributed by atoms with Gasteiger partial charge in [-0.15, -0.1) is 0 Å². The molecule has 3 N–H and O–H groups in total. The van der Waals surface area contributed by atoms with E-state index >= 15 is 0 Å². The molecular formula is C13H14N4S. The van der Waals surface area contributed by atoms with Crippen LogP contribution < -0.4 is 11.1 Å². The highest BCUT2D eigenvalue weighted by Gasteiger charge is 2.08. The van der Waals surface area contributed by atoms with Gasteiger partial charge in [-0.1, -0.05) is 0 Å². The van der Waals surface area contributed by atoms with E-state index in [1.54, 1.807) is 11.3 Å². The summed E-state index contributed by atoms with van der Waals surface area (Å²) in [7, 11) is 0. The molecule has 3 rings (SSSR count). The summed E-state index contributed by atoms with van der Waals surface area (Å²) in [5.41, 5.74) is 9.99. The Morgan fingerprint density at radius 1 is 1.44 bits per heavy atom. The van der Waals surface area contributed by atoms with Crippen LogP contribution in [0.25, 0.3) is 5.65 Å². The zero-order valence-corrected chi connectivity index (χ0v) is 10.9. The van der Waals surface area contributed by atoms with Crippen molar-refractivity contribution in [2.45, 2.75) is 13.5 Å². The second kappa shape index (κ2) is 4.34. The van der Waals surface area contributed by atoms with Crippen molar-refractivity contribution in [3.05, 3.63) is 46.4 Å². The number of hydrogen-bond acceptors (Lipinski definition) is 4. The van der Waals surface area contributed by atoms with Crippen LogP contribution in [0.2, 0.25) is 0 Å². The fourth-order valence-corrected chi connectivity index (χ4v) is 2.60. The Labute approximate surface area is 109 Å². The van der Waals surface area contributed by atoms with Crippen LogP contribution in [0.1, 0.15) is 11.3 Å². The van der Waals surface area contributed by atoms with Crippen molar-refractivity contribution < 1.29 is 0 Å². The van der Waals surface area contributed by atoms with Gasteiger partial charge in [-0.2, -0.15) is 11.3 Å². The van der Waals surface area contributed by atoms with E-state index in [9.17, 15) is 0 Å². The third kappa shape index (κ3) is 1.82. The molecule has 92 valence electrons. The van der Waals surface area contributed by atoms with E-state index in [0.717, 1.165) is 23.6 Å². The molecule has 4 nitrogen and oxygen atoms in total. The lowest BCUT2D eigenvalue weighted by molar-refractivity contribution is 1.13. The van der Waals surface area contributed by atoms with E-state index in [1.807, 2.05) is 29.7 Å². The highest BCUT2D eigenvalue weighted by Crippen LogP contribution is 2.21. The number of imidazole rings is 1. The molecule has 0 aromatic carbocycles. The number of aryl methyl sites for hydroxylation is 1. The van der Waals surface area contributed by atoms with Gasteiger partial charge in [-0.05, 0) is 41.4 Å². The molecule has 3 aromatic heterocycles. The van der Waals surface area contributed by atoms with Crippen molar-refractivity contribution in [2.24, 2.45) is 0 Å². The summed E-state index contributed by atoms with van der Waals surface area (Å²) in [6.45, 7) is 2.72. The van der Waals surface area contributed by atoms with E-state index in [0.29, 0.717) is 5.82 Å². The van der Waals surface area contributed by atoms with Crippen LogP contribution in [-0.2, 0) is 6.54 Å². The SMILES string of the molecule is Cc1nc2c(NCc3ccsc3)cccn2c1N. The third-order valence-corrected chi connectivity index (χ3v) is 3.67. The molecule has 0 aliphatic rings. The number of nitrogens with two attached hydrogens (primary N) is 1. The van der Waals surface area contributed by atoms with Crippen molar-refractivity contribution in [3.63, 3.8) is 0 Å². The Balaban J connectivity index is 1.94. The summed E-state index contributed by atoms with van der Waals surface area (Å²) < 4.78 is 1.91. The molecule has 0 atom stereocenters. The molecule has 0 radical (unpaired) electrons. The molecule has 0 aliphatic carbocycles. The van der Waals surface area contributed by atoms with Crippen molar-refractivity contribution in [3.8, 4) is 0 Å². The number of hydrogen-bond donors (Lipinski definition) is 2.